The lowest BCUT2D eigenvalue weighted by molar-refractivity contribution is -0.145. The molecule has 0 spiro atoms. The highest BCUT2D eigenvalue weighted by molar-refractivity contribution is 9.09. The van der Waals surface area contributed by atoms with Crippen molar-refractivity contribution in [2.24, 2.45) is 5.41 Å². The van der Waals surface area contributed by atoms with Crippen molar-refractivity contribution in [3.8, 4) is 0 Å². The minimum atomic E-state index is -3.37. The van der Waals surface area contributed by atoms with Gasteiger partial charge >= 0.3 is 0 Å². The number of rotatable bonds is 4. The Labute approximate surface area is 132 Å². The van der Waals surface area contributed by atoms with Gasteiger partial charge in [-0.1, -0.05) is 36.7 Å². The van der Waals surface area contributed by atoms with Crippen molar-refractivity contribution < 1.29 is 22.7 Å². The molecule has 6 nitrogen and oxygen atoms in total. The molecule has 0 aromatic carbocycles. The molecule has 0 aromatic heterocycles. The lowest BCUT2D eigenvalue weighted by atomic mass is 9.91. The number of fused-ring (bicyclic) bond motifs is 1. The molecule has 0 bridgehead atoms. The number of halogens is 1. The van der Waals surface area contributed by atoms with Gasteiger partial charge in [-0.15, -0.1) is 0 Å². The zero-order valence-electron chi connectivity index (χ0n) is 12.2. The molecular formula is C13H18BrNO5S. The number of Topliss-reactive ketones (excluding diaryl/α,β-unsaturated/α-hetero) is 1. The van der Waals surface area contributed by atoms with Crippen molar-refractivity contribution in [2.75, 3.05) is 17.7 Å². The maximum Gasteiger partial charge on any atom is 0.233 e. The Morgan fingerprint density at radius 2 is 2.05 bits per heavy atom. The van der Waals surface area contributed by atoms with Crippen LogP contribution in [0.5, 0.6) is 0 Å². The van der Waals surface area contributed by atoms with Gasteiger partial charge in [0.05, 0.1) is 12.2 Å². The van der Waals surface area contributed by atoms with Crippen molar-refractivity contribution in [3.63, 3.8) is 0 Å². The monoisotopic (exact) mass is 379 g/mol. The van der Waals surface area contributed by atoms with Crippen molar-refractivity contribution in [1.82, 2.24) is 4.90 Å². The van der Waals surface area contributed by atoms with Crippen LogP contribution in [0.3, 0.4) is 0 Å². The van der Waals surface area contributed by atoms with Crippen LogP contribution in [0.4, 0.5) is 0 Å². The van der Waals surface area contributed by atoms with E-state index in [0.717, 1.165) is 4.90 Å². The third kappa shape index (κ3) is 3.01. The molecule has 0 radical (unpaired) electrons. The summed E-state index contributed by atoms with van der Waals surface area (Å²) in [6.07, 6.45) is -0.0159. The van der Waals surface area contributed by atoms with Crippen LogP contribution < -0.4 is 0 Å². The maximum absolute atomic E-state index is 12.0. The van der Waals surface area contributed by atoms with E-state index in [-0.39, 0.29) is 41.7 Å². The number of hydrogen-bond donors (Lipinski definition) is 0. The van der Waals surface area contributed by atoms with E-state index in [4.69, 9.17) is 4.74 Å². The first-order chi connectivity index (χ1) is 9.58. The molecule has 118 valence electrons. The fraction of sp³-hybridized carbons (Fsp3) is 0.692. The number of sulfone groups is 1. The van der Waals surface area contributed by atoms with Gasteiger partial charge in [0.25, 0.3) is 0 Å². The number of carbonyl (C=O) groups is 2. The number of carbonyl (C=O) groups excluding carboxylic acids is 2. The third-order valence-corrected chi connectivity index (χ3v) is 6.19. The van der Waals surface area contributed by atoms with E-state index < -0.39 is 20.6 Å². The van der Waals surface area contributed by atoms with Gasteiger partial charge in [-0.25, -0.2) is 8.42 Å². The van der Waals surface area contributed by atoms with Crippen LogP contribution in [0, 0.1) is 5.41 Å². The van der Waals surface area contributed by atoms with E-state index in [0.29, 0.717) is 5.57 Å². The molecule has 1 fully saturated rings. The summed E-state index contributed by atoms with van der Waals surface area (Å²) in [7, 11) is -3.37. The molecule has 8 heteroatoms. The normalized spacial score (nSPS) is 24.5. The second-order valence-corrected chi connectivity index (χ2v) is 8.95. The minimum Gasteiger partial charge on any atom is -0.471 e. The second kappa shape index (κ2) is 5.39. The Morgan fingerprint density at radius 3 is 2.52 bits per heavy atom. The van der Waals surface area contributed by atoms with E-state index >= 15 is 0 Å². The van der Waals surface area contributed by atoms with Gasteiger partial charge in [-0.05, 0) is 0 Å². The van der Waals surface area contributed by atoms with Gasteiger partial charge < -0.3 is 4.74 Å². The lowest BCUT2D eigenvalue weighted by Crippen LogP contribution is -2.59. The SMILES string of the molecule is CC(C)(C)C(=O)COC1=C(CBr)CS(=O)(=O)[C@@H]2CC(=O)N12. The van der Waals surface area contributed by atoms with Crippen molar-refractivity contribution >= 4 is 37.5 Å². The van der Waals surface area contributed by atoms with E-state index in [1.54, 1.807) is 20.8 Å². The molecule has 1 saturated heterocycles. The summed E-state index contributed by atoms with van der Waals surface area (Å²) in [5.74, 6) is -0.325. The number of β-lactam (4-membered cyclic amide) rings is 1. The van der Waals surface area contributed by atoms with Crippen molar-refractivity contribution in [1.29, 1.82) is 0 Å². The van der Waals surface area contributed by atoms with Gasteiger partial charge in [0.15, 0.2) is 26.9 Å². The predicted octanol–water partition coefficient (Wildman–Crippen LogP) is 1.21. The quantitative estimate of drug-likeness (QED) is 0.541. The van der Waals surface area contributed by atoms with Crippen molar-refractivity contribution in [2.45, 2.75) is 32.6 Å². The molecule has 0 aliphatic carbocycles. The van der Waals surface area contributed by atoms with Gasteiger partial charge in [-0.2, -0.15) is 0 Å². The zero-order chi connectivity index (χ0) is 16.0. The Balaban J connectivity index is 2.25. The average Bonchev–Trinajstić information content (AvgIpc) is 2.35. The highest BCUT2D eigenvalue weighted by Crippen LogP contribution is 2.37. The van der Waals surface area contributed by atoms with Crippen molar-refractivity contribution in [3.05, 3.63) is 11.5 Å². The first-order valence-corrected chi connectivity index (χ1v) is 9.39. The van der Waals surface area contributed by atoms with Crippen LogP contribution in [0.15, 0.2) is 11.5 Å². The summed E-state index contributed by atoms with van der Waals surface area (Å²) < 4.78 is 29.6. The average molecular weight is 380 g/mol. The molecule has 21 heavy (non-hydrogen) atoms. The lowest BCUT2D eigenvalue weighted by Gasteiger charge is -2.44. The van der Waals surface area contributed by atoms with E-state index in [2.05, 4.69) is 15.9 Å². The summed E-state index contributed by atoms with van der Waals surface area (Å²) in [5.41, 5.74) is -0.0742. The van der Waals surface area contributed by atoms with Crippen LogP contribution in [-0.4, -0.2) is 48.1 Å². The second-order valence-electron chi connectivity index (χ2n) is 6.23. The molecule has 2 aliphatic heterocycles. The Morgan fingerprint density at radius 1 is 1.43 bits per heavy atom. The number of ketones is 1. The first-order valence-electron chi connectivity index (χ1n) is 6.55. The molecule has 1 amide bonds. The Kier molecular flexibility index (Phi) is 4.23. The smallest absolute Gasteiger partial charge is 0.233 e. The summed E-state index contributed by atoms with van der Waals surface area (Å²) >= 11 is 3.22. The molecule has 2 heterocycles. The van der Waals surface area contributed by atoms with Gasteiger partial charge in [0, 0.05) is 16.3 Å². The maximum atomic E-state index is 12.0. The molecule has 0 saturated carbocycles. The highest BCUT2D eigenvalue weighted by atomic mass is 79.9. The van der Waals surface area contributed by atoms with Gasteiger partial charge in [0.1, 0.15) is 6.61 Å². The standard InChI is InChI=1S/C13H18BrNO5S/c1-13(2,3)9(16)6-20-12-8(5-14)7-21(18,19)11-4-10(17)15(11)12/h11H,4-7H2,1-3H3/t11-/m1/s1. The molecule has 0 N–H and O–H groups in total. The van der Waals surface area contributed by atoms with Crippen LogP contribution in [0.2, 0.25) is 0 Å². The number of ether oxygens (including phenoxy) is 1. The topological polar surface area (TPSA) is 80.8 Å². The largest absolute Gasteiger partial charge is 0.471 e. The van der Waals surface area contributed by atoms with Gasteiger partial charge in [0.2, 0.25) is 5.91 Å². The fourth-order valence-corrected chi connectivity index (χ4v) is 4.64. The number of nitrogens with zero attached hydrogens (tertiary/aromatic N) is 1. The molecule has 2 rings (SSSR count). The van der Waals surface area contributed by atoms with Crippen LogP contribution in [-0.2, 0) is 24.2 Å². The number of hydrogen-bond acceptors (Lipinski definition) is 5. The highest BCUT2D eigenvalue weighted by Gasteiger charge is 2.51. The van der Waals surface area contributed by atoms with Gasteiger partial charge in [-0.3, -0.25) is 14.5 Å². The van der Waals surface area contributed by atoms with E-state index in [1.165, 1.54) is 0 Å². The molecule has 1 atom stereocenters. The summed E-state index contributed by atoms with van der Waals surface area (Å²) in [6, 6.07) is 0. The Bertz CT molecular complexity index is 617. The van der Waals surface area contributed by atoms with Crippen LogP contribution >= 0.6 is 15.9 Å². The van der Waals surface area contributed by atoms with E-state index in [9.17, 15) is 18.0 Å². The third-order valence-electron chi connectivity index (χ3n) is 3.55. The van der Waals surface area contributed by atoms with Crippen LogP contribution in [0.25, 0.3) is 0 Å². The fourth-order valence-electron chi connectivity index (χ4n) is 2.11. The first kappa shape index (κ1) is 16.5. The van der Waals surface area contributed by atoms with E-state index in [1.807, 2.05) is 0 Å². The molecular weight excluding hydrogens is 362 g/mol. The molecule has 0 unspecified atom stereocenters. The summed E-state index contributed by atoms with van der Waals surface area (Å²) in [5, 5.41) is -0.561. The summed E-state index contributed by atoms with van der Waals surface area (Å²) in [6.45, 7) is 5.16. The predicted molar refractivity (Wildman–Crippen MR) is 80.3 cm³/mol. The molecule has 0 aromatic rings. The van der Waals surface area contributed by atoms with Crippen LogP contribution in [0.1, 0.15) is 27.2 Å². The zero-order valence-corrected chi connectivity index (χ0v) is 14.6. The summed E-state index contributed by atoms with van der Waals surface area (Å²) in [4.78, 5) is 24.8. The number of amides is 1. The number of alkyl halides is 1. The minimum absolute atomic E-state index is 0.0159. The Hall–Kier alpha value is -0.890. The molecule has 2 aliphatic rings.